The second-order valence-corrected chi connectivity index (χ2v) is 18.7. The molecule has 2 aliphatic heterocycles. The number of allylic oxidation sites excluding steroid dienone is 1. The molecular formula is C34H34Cl2N6Na4O20S4. The van der Waals surface area contributed by atoms with Crippen molar-refractivity contribution in [2.45, 2.75) is 42.7 Å². The molecule has 2 amide bonds. The topological polar surface area (TPSA) is 388 Å². The summed E-state index contributed by atoms with van der Waals surface area (Å²) in [6, 6.07) is 1.72. The third-order valence-electron chi connectivity index (χ3n) is 8.77. The first kappa shape index (κ1) is 67.3. The van der Waals surface area contributed by atoms with Gasteiger partial charge in [0.2, 0.25) is 22.2 Å². The standard InChI is InChI=1S/C34H38Cl2N6O20S4.4Na/c35-25-28-32(60-30-18(42-28)2-4-20(38-10-12-40-22(44)6-8-24(47)48)34(30)65(51,52)16-15-56-63-62-61-49)26(36)27-31(25)59-29-17(41-27)1-3-19(37-9-11-39-21(43)5-7-23(45)46)33(29)64(50)57-13-14-58-66(53,54)55;;;;/h1-4,17,29,37,41,49H,5-16H2,(H,39,43)(H,40,44)(H,45,46)(H,47,48)(H,53,54,55);;;;/q;4*+1/p-4. The van der Waals surface area contributed by atoms with Crippen molar-refractivity contribution in [1.29, 1.82) is 0 Å². The fraction of sp³-hybridized carbons (Fsp3) is 0.412. The summed E-state index contributed by atoms with van der Waals surface area (Å²) in [6.45, 7) is -2.32. The number of hydrogen-bond donors (Lipinski definition) is 4. The van der Waals surface area contributed by atoms with Crippen LogP contribution in [0.15, 0.2) is 49.2 Å². The minimum atomic E-state index is -5.11. The molecule has 26 nitrogen and oxygen atoms in total. The Morgan fingerprint density at radius 2 is 1.57 bits per heavy atom. The summed E-state index contributed by atoms with van der Waals surface area (Å²) in [6.07, 6.45) is 0.0754. The van der Waals surface area contributed by atoms with Crippen LogP contribution in [0.4, 0.5) is 5.69 Å². The van der Waals surface area contributed by atoms with Crippen LogP contribution in [0.2, 0.25) is 10.0 Å². The fourth-order valence-electron chi connectivity index (χ4n) is 6.02. The number of rotatable bonds is 26. The first-order valence-corrected chi connectivity index (χ1v) is 24.2. The molecule has 36 heteroatoms. The van der Waals surface area contributed by atoms with Crippen molar-refractivity contribution in [2.75, 3.05) is 57.1 Å². The maximum Gasteiger partial charge on any atom is 1.00 e. The molecule has 2 aliphatic carbocycles. The summed E-state index contributed by atoms with van der Waals surface area (Å²) in [4.78, 5) is 53.7. The molecule has 1 aromatic rings. The number of carbonyl (C=O) groups is 4. The van der Waals surface area contributed by atoms with E-state index in [9.17, 15) is 60.2 Å². The fourth-order valence-corrected chi connectivity index (χ4v) is 9.58. The van der Waals surface area contributed by atoms with Crippen molar-refractivity contribution < 1.29 is 210 Å². The second-order valence-electron chi connectivity index (χ2n) is 13.2. The molecule has 2 heterocycles. The molecule has 0 fully saturated rings. The number of halogens is 2. The number of ether oxygens (including phenoxy) is 1. The maximum absolute atomic E-state index is 13.9. The van der Waals surface area contributed by atoms with Crippen molar-refractivity contribution in [3.05, 3.63) is 50.3 Å². The van der Waals surface area contributed by atoms with Gasteiger partial charge in [0.25, 0.3) is 0 Å². The molecule has 0 saturated carbocycles. The van der Waals surface area contributed by atoms with Gasteiger partial charge in [-0.15, -0.1) is 4.33 Å². The van der Waals surface area contributed by atoms with Gasteiger partial charge in [0.1, 0.15) is 36.7 Å². The van der Waals surface area contributed by atoms with E-state index in [2.05, 4.69) is 44.8 Å². The zero-order valence-corrected chi connectivity index (χ0v) is 50.2. The molecule has 70 heavy (non-hydrogen) atoms. The zero-order valence-electron chi connectivity index (χ0n) is 37.4. The molecule has 3 unspecified atom stereocenters. The molecule has 0 saturated heterocycles. The third-order valence-corrected chi connectivity index (χ3v) is 13.2. The SMILES string of the molecule is O=C([O-])CCC(=O)NCCN=c1ccc2nc3c(Cl)c4c(c(Cl)c3oc-2c1S(=O)(=O)CCOSOO[O-])NC1C=CC(NCCNC(=O)CCC(=O)[O-])=C(S(=O)OCCOS(=O)(=O)[O-])C1O4.[Na+].[Na+].[Na+].[Na+]. The number of fused-ring (bicyclic) bond motifs is 4. The minimum absolute atomic E-state index is 0. The van der Waals surface area contributed by atoms with Crippen LogP contribution < -0.4 is 165 Å². The van der Waals surface area contributed by atoms with Gasteiger partial charge in [-0.2, -0.15) is 0 Å². The van der Waals surface area contributed by atoms with Gasteiger partial charge in [-0.3, -0.25) is 32.2 Å². The van der Waals surface area contributed by atoms with Crippen LogP contribution in [0.3, 0.4) is 0 Å². The summed E-state index contributed by atoms with van der Waals surface area (Å²) in [5, 5.41) is 45.1. The van der Waals surface area contributed by atoms with E-state index >= 15 is 0 Å². The Kier molecular flexibility index (Phi) is 30.8. The van der Waals surface area contributed by atoms with Gasteiger partial charge in [-0.25, -0.2) is 26.0 Å². The maximum atomic E-state index is 13.9. The van der Waals surface area contributed by atoms with E-state index in [0.717, 1.165) is 0 Å². The third kappa shape index (κ3) is 19.5. The van der Waals surface area contributed by atoms with Crippen LogP contribution in [-0.4, -0.2) is 118 Å². The predicted molar refractivity (Wildman–Crippen MR) is 219 cm³/mol. The first-order chi connectivity index (χ1) is 31.3. The van der Waals surface area contributed by atoms with Gasteiger partial charge in [0.15, 0.2) is 56.4 Å². The molecule has 0 bridgehead atoms. The van der Waals surface area contributed by atoms with Crippen LogP contribution >= 0.6 is 35.5 Å². The number of sulfone groups is 1. The number of carbonyl (C=O) groups excluding carboxylic acids is 4. The summed E-state index contributed by atoms with van der Waals surface area (Å²) in [5.74, 6) is -5.27. The molecule has 5 rings (SSSR count). The van der Waals surface area contributed by atoms with E-state index in [-0.39, 0.29) is 230 Å². The van der Waals surface area contributed by atoms with Crippen LogP contribution in [0, 0.1) is 0 Å². The molecule has 4 N–H and O–H groups in total. The number of amides is 2. The van der Waals surface area contributed by atoms with Crippen molar-refractivity contribution in [3.63, 3.8) is 0 Å². The molecular weight excluding hydrogens is 1100 g/mol. The zero-order chi connectivity index (χ0) is 48.2. The molecule has 0 aromatic heterocycles. The summed E-state index contributed by atoms with van der Waals surface area (Å²) < 4.78 is 105. The first-order valence-electron chi connectivity index (χ1n) is 18.8. The van der Waals surface area contributed by atoms with Crippen LogP contribution in [0.25, 0.3) is 22.6 Å². The van der Waals surface area contributed by atoms with Crippen LogP contribution in [0.5, 0.6) is 5.75 Å². The van der Waals surface area contributed by atoms with Crippen LogP contribution in [0.1, 0.15) is 25.7 Å². The second kappa shape index (κ2) is 32.0. The summed E-state index contributed by atoms with van der Waals surface area (Å²) >= 11 is 11.4. The number of carboxylic acid groups (broad SMARTS) is 2. The van der Waals surface area contributed by atoms with Gasteiger partial charge < -0.3 is 60.0 Å². The normalized spacial score (nSPS) is 15.6. The number of nitrogens with zero attached hydrogens (tertiary/aromatic N) is 2. The van der Waals surface area contributed by atoms with Crippen LogP contribution in [-0.2, 0) is 72.4 Å². The average Bonchev–Trinajstić information content (AvgIpc) is 3.26. The average molecular weight is 1140 g/mol. The van der Waals surface area contributed by atoms with Crippen molar-refractivity contribution in [1.82, 2.24) is 20.9 Å². The van der Waals surface area contributed by atoms with E-state index in [0.29, 0.717) is 0 Å². The smallest absolute Gasteiger partial charge is 0.726 e. The Hall–Kier alpha value is -0.700. The van der Waals surface area contributed by atoms with Gasteiger partial charge in [0.05, 0.1) is 49.2 Å². The summed E-state index contributed by atoms with van der Waals surface area (Å²) in [5.41, 5.74) is -0.334. The van der Waals surface area contributed by atoms with Gasteiger partial charge >= 0.3 is 118 Å². The van der Waals surface area contributed by atoms with Gasteiger partial charge in [-0.1, -0.05) is 29.3 Å². The number of aromatic nitrogens is 1. The van der Waals surface area contributed by atoms with Gasteiger partial charge in [0, 0.05) is 44.4 Å². The Bertz CT molecular complexity index is 2710. The van der Waals surface area contributed by atoms with E-state index in [4.69, 9.17) is 40.7 Å². The number of benzene rings is 2. The van der Waals surface area contributed by atoms with Crippen molar-refractivity contribution >= 4 is 107 Å². The number of carboxylic acids is 2. The number of hydrogen-bond acceptors (Lipinski definition) is 25. The predicted octanol–water partition coefficient (Wildman–Crippen LogP) is -14.9. The molecule has 3 atom stereocenters. The molecule has 4 aliphatic rings. The van der Waals surface area contributed by atoms with E-state index < -0.39 is 111 Å². The molecule has 362 valence electrons. The Balaban J connectivity index is 0.00000612. The number of aliphatic carboxylic acids is 2. The Morgan fingerprint density at radius 3 is 2.20 bits per heavy atom. The molecule has 0 radical (unpaired) electrons. The molecule has 1 aromatic carbocycles. The monoisotopic (exact) mass is 1140 g/mol. The van der Waals surface area contributed by atoms with Gasteiger partial charge in [-0.05, 0) is 31.1 Å². The Morgan fingerprint density at radius 1 is 0.914 bits per heavy atom. The van der Waals surface area contributed by atoms with E-state index in [1.165, 1.54) is 18.2 Å². The number of anilines is 1. The van der Waals surface area contributed by atoms with E-state index in [1.807, 2.05) is 0 Å². The number of nitrogens with one attached hydrogen (secondary N) is 4. The van der Waals surface area contributed by atoms with Crippen molar-refractivity contribution in [3.8, 4) is 17.2 Å². The summed E-state index contributed by atoms with van der Waals surface area (Å²) in [7, 11) is -9.54. The molecule has 0 spiro atoms. The minimum Gasteiger partial charge on any atom is -0.726 e. The van der Waals surface area contributed by atoms with E-state index in [1.54, 1.807) is 6.08 Å². The van der Waals surface area contributed by atoms with Crippen molar-refractivity contribution in [2.24, 2.45) is 4.99 Å². The largest absolute Gasteiger partial charge is 1.00 e. The quantitative estimate of drug-likeness (QED) is 0.00847. The Labute approximate surface area is 503 Å².